The Balaban J connectivity index is 1.17. The first-order valence-corrected chi connectivity index (χ1v) is 19.2. The molecule has 0 atom stereocenters. The lowest BCUT2D eigenvalue weighted by molar-refractivity contribution is -0.0452. The lowest BCUT2D eigenvalue weighted by atomic mass is 9.42. The second-order valence-corrected chi connectivity index (χ2v) is 17.7. The molecule has 1 aliphatic heterocycles. The predicted octanol–water partition coefficient (Wildman–Crippen LogP) is 13.0. The molecule has 2 heteroatoms. The van der Waals surface area contributed by atoms with Crippen molar-refractivity contribution < 1.29 is 4.74 Å². The number of para-hydroxylation sites is 1. The van der Waals surface area contributed by atoms with Crippen LogP contribution in [0.1, 0.15) is 94.9 Å². The van der Waals surface area contributed by atoms with Crippen molar-refractivity contribution in [2.45, 2.75) is 88.9 Å². The Morgan fingerprint density at radius 1 is 0.520 bits per heavy atom. The van der Waals surface area contributed by atoms with Gasteiger partial charge >= 0.3 is 0 Å². The Hall–Kier alpha value is -4.30. The van der Waals surface area contributed by atoms with Gasteiger partial charge in [0.25, 0.3) is 0 Å². The van der Waals surface area contributed by atoms with E-state index in [9.17, 15) is 0 Å². The van der Waals surface area contributed by atoms with Crippen LogP contribution in [-0.4, -0.2) is 0 Å². The van der Waals surface area contributed by atoms with E-state index in [-0.39, 0.29) is 16.2 Å². The van der Waals surface area contributed by atoms with Crippen LogP contribution >= 0.6 is 0 Å². The number of anilines is 3. The number of ether oxygens (including phenoxy) is 1. The highest BCUT2D eigenvalue weighted by molar-refractivity contribution is 5.83. The van der Waals surface area contributed by atoms with Gasteiger partial charge in [0, 0.05) is 34.0 Å². The van der Waals surface area contributed by atoms with Crippen molar-refractivity contribution in [1.29, 1.82) is 0 Å². The van der Waals surface area contributed by atoms with Crippen molar-refractivity contribution in [1.82, 2.24) is 0 Å². The van der Waals surface area contributed by atoms with Gasteiger partial charge in [-0.1, -0.05) is 107 Å². The van der Waals surface area contributed by atoms with Gasteiger partial charge in [0.2, 0.25) is 0 Å². The number of benzene rings is 5. The van der Waals surface area contributed by atoms with E-state index in [4.69, 9.17) is 4.74 Å². The topological polar surface area (TPSA) is 12.5 Å². The molecular weight excluding hydrogens is 607 g/mol. The third-order valence-electron chi connectivity index (χ3n) is 13.9. The summed E-state index contributed by atoms with van der Waals surface area (Å²) in [7, 11) is 0. The van der Waals surface area contributed by atoms with Crippen molar-refractivity contribution in [2.24, 2.45) is 23.7 Å². The maximum atomic E-state index is 7.01. The maximum absolute atomic E-state index is 7.01. The summed E-state index contributed by atoms with van der Waals surface area (Å²) in [5.74, 6) is 5.34. The highest BCUT2D eigenvalue weighted by atomic mass is 16.5. The van der Waals surface area contributed by atoms with Crippen molar-refractivity contribution in [3.05, 3.63) is 138 Å². The predicted molar refractivity (Wildman–Crippen MR) is 206 cm³/mol. The molecule has 2 nitrogen and oxygen atoms in total. The van der Waals surface area contributed by atoms with Crippen LogP contribution in [0.3, 0.4) is 0 Å². The standard InChI is InChI=1S/C48H49NO/c1-46(2)23-24-47(3,4)45-41(46)14-10-15-42(45)49(37-19-17-34(18-20-37)33-11-6-5-7-12-33)38-21-22-40-44(30-38)50-43-16-9-8-13-39(43)48(40)35-26-31-25-32(28-35)29-36(48)27-31/h5-22,30-32,35-36H,23-29H2,1-4H3. The zero-order valence-electron chi connectivity index (χ0n) is 30.1. The van der Waals surface area contributed by atoms with Crippen LogP contribution in [0.5, 0.6) is 11.5 Å². The molecule has 0 N–H and O–H groups in total. The molecule has 11 rings (SSSR count). The molecule has 0 aromatic heterocycles. The molecule has 1 spiro atoms. The molecular formula is C48H49NO. The van der Waals surface area contributed by atoms with Crippen LogP contribution < -0.4 is 9.64 Å². The van der Waals surface area contributed by atoms with Gasteiger partial charge in [-0.15, -0.1) is 0 Å². The fourth-order valence-corrected chi connectivity index (χ4v) is 11.8. The fourth-order valence-electron chi connectivity index (χ4n) is 11.8. The van der Waals surface area contributed by atoms with Gasteiger partial charge in [0.15, 0.2) is 0 Å². The summed E-state index contributed by atoms with van der Waals surface area (Å²) in [6.45, 7) is 9.76. The molecule has 50 heavy (non-hydrogen) atoms. The quantitative estimate of drug-likeness (QED) is 0.191. The highest BCUT2D eigenvalue weighted by Crippen LogP contribution is 2.69. The monoisotopic (exact) mass is 655 g/mol. The first-order chi connectivity index (χ1) is 24.2. The van der Waals surface area contributed by atoms with Gasteiger partial charge in [0.05, 0.1) is 5.69 Å². The highest BCUT2D eigenvalue weighted by Gasteiger charge is 2.61. The molecule has 4 saturated carbocycles. The third-order valence-corrected chi connectivity index (χ3v) is 13.9. The largest absolute Gasteiger partial charge is 0.457 e. The van der Waals surface area contributed by atoms with E-state index in [1.54, 1.807) is 0 Å². The summed E-state index contributed by atoms with van der Waals surface area (Å²) >= 11 is 0. The number of hydrogen-bond acceptors (Lipinski definition) is 2. The van der Waals surface area contributed by atoms with E-state index in [2.05, 4.69) is 148 Å². The normalized spacial score (nSPS) is 27.6. The van der Waals surface area contributed by atoms with Crippen LogP contribution in [0.15, 0.2) is 115 Å². The van der Waals surface area contributed by atoms with Crippen LogP contribution in [0.4, 0.5) is 17.1 Å². The molecule has 0 saturated heterocycles. The smallest absolute Gasteiger partial charge is 0.133 e. The summed E-state index contributed by atoms with van der Waals surface area (Å²) in [5, 5.41) is 0. The molecule has 4 fully saturated rings. The first-order valence-electron chi connectivity index (χ1n) is 19.2. The lowest BCUT2D eigenvalue weighted by Gasteiger charge is -2.63. The van der Waals surface area contributed by atoms with Gasteiger partial charge in [-0.3, -0.25) is 0 Å². The number of fused-ring (bicyclic) bond motifs is 3. The van der Waals surface area contributed by atoms with Crippen molar-refractivity contribution >= 4 is 17.1 Å². The molecule has 0 amide bonds. The lowest BCUT2D eigenvalue weighted by Crippen LogP contribution is -2.56. The van der Waals surface area contributed by atoms with Gasteiger partial charge in [-0.2, -0.15) is 0 Å². The minimum Gasteiger partial charge on any atom is -0.457 e. The zero-order chi connectivity index (χ0) is 33.8. The maximum Gasteiger partial charge on any atom is 0.133 e. The Morgan fingerprint density at radius 3 is 1.86 bits per heavy atom. The third kappa shape index (κ3) is 4.39. The Morgan fingerprint density at radius 2 is 1.12 bits per heavy atom. The summed E-state index contributed by atoms with van der Waals surface area (Å²) in [5.41, 5.74) is 12.2. The van der Waals surface area contributed by atoms with Gasteiger partial charge < -0.3 is 9.64 Å². The Labute approximate surface area is 298 Å². The molecule has 4 bridgehead atoms. The summed E-state index contributed by atoms with van der Waals surface area (Å²) < 4.78 is 7.01. The number of nitrogens with zero attached hydrogens (tertiary/aromatic N) is 1. The molecule has 0 radical (unpaired) electrons. The van der Waals surface area contributed by atoms with Crippen LogP contribution in [0.25, 0.3) is 11.1 Å². The van der Waals surface area contributed by atoms with Crippen molar-refractivity contribution in [2.75, 3.05) is 4.90 Å². The van der Waals surface area contributed by atoms with E-state index >= 15 is 0 Å². The molecule has 5 aromatic rings. The SMILES string of the molecule is CC1(C)CCC(C)(C)c2c(N(c3ccc(-c4ccccc4)cc3)c3ccc4c(c3)Oc3ccccc3C43C4CC5CC(C4)CC3C5)cccc21. The fraction of sp³-hybridized carbons (Fsp3) is 0.375. The van der Waals surface area contributed by atoms with Crippen LogP contribution in [-0.2, 0) is 16.2 Å². The molecule has 1 heterocycles. The van der Waals surface area contributed by atoms with E-state index in [0.717, 1.165) is 23.3 Å². The number of rotatable bonds is 4. The van der Waals surface area contributed by atoms with E-state index < -0.39 is 0 Å². The Kier molecular flexibility index (Phi) is 6.62. The number of hydrogen-bond donors (Lipinski definition) is 0. The van der Waals surface area contributed by atoms with Gasteiger partial charge in [-0.05, 0) is 132 Å². The second-order valence-electron chi connectivity index (χ2n) is 17.7. The summed E-state index contributed by atoms with van der Waals surface area (Å²) in [4.78, 5) is 2.53. The average molecular weight is 656 g/mol. The van der Waals surface area contributed by atoms with Crippen molar-refractivity contribution in [3.63, 3.8) is 0 Å². The van der Waals surface area contributed by atoms with E-state index in [0.29, 0.717) is 11.8 Å². The van der Waals surface area contributed by atoms with Crippen molar-refractivity contribution in [3.8, 4) is 22.6 Å². The molecule has 5 aliphatic carbocycles. The molecule has 252 valence electrons. The summed E-state index contributed by atoms with van der Waals surface area (Å²) in [6, 6.07) is 43.3. The minimum absolute atomic E-state index is 0.0518. The average Bonchev–Trinajstić information content (AvgIpc) is 3.12. The Bertz CT molecular complexity index is 2080. The van der Waals surface area contributed by atoms with Gasteiger partial charge in [0.1, 0.15) is 11.5 Å². The van der Waals surface area contributed by atoms with E-state index in [1.807, 2.05) is 0 Å². The minimum atomic E-state index is 0.0518. The van der Waals surface area contributed by atoms with Crippen LogP contribution in [0, 0.1) is 23.7 Å². The van der Waals surface area contributed by atoms with Gasteiger partial charge in [-0.25, -0.2) is 0 Å². The first kappa shape index (κ1) is 30.5. The summed E-state index contributed by atoms with van der Waals surface area (Å²) in [6.07, 6.45) is 9.28. The molecule has 6 aliphatic rings. The van der Waals surface area contributed by atoms with Crippen LogP contribution in [0.2, 0.25) is 0 Å². The molecule has 5 aromatic carbocycles. The molecule has 0 unspecified atom stereocenters. The van der Waals surface area contributed by atoms with E-state index in [1.165, 1.54) is 95.4 Å². The zero-order valence-corrected chi connectivity index (χ0v) is 30.1. The second kappa shape index (κ2) is 10.8.